The number of benzene rings is 1. The maximum Gasteiger partial charge on any atom is 0.258 e. The third kappa shape index (κ3) is 2.53. The summed E-state index contributed by atoms with van der Waals surface area (Å²) in [5.74, 6) is 0.525. The molecule has 19 heavy (non-hydrogen) atoms. The molecule has 1 aromatic heterocycles. The molecule has 1 aliphatic rings. The number of phenols is 2. The lowest BCUT2D eigenvalue weighted by Crippen LogP contribution is -2.09. The van der Waals surface area contributed by atoms with Gasteiger partial charge in [-0.05, 0) is 31.0 Å². The highest BCUT2D eigenvalue weighted by Crippen LogP contribution is 2.29. The first-order valence-electron chi connectivity index (χ1n) is 6.19. The third-order valence-electron chi connectivity index (χ3n) is 3.12. The van der Waals surface area contributed by atoms with Gasteiger partial charge in [-0.2, -0.15) is 4.98 Å². The average Bonchev–Trinajstić information content (AvgIpc) is 3.05. The Morgan fingerprint density at radius 2 is 2.16 bits per heavy atom. The van der Waals surface area contributed by atoms with E-state index in [4.69, 9.17) is 9.26 Å². The zero-order chi connectivity index (χ0) is 13.2. The molecule has 2 heterocycles. The number of aromatic hydroxyl groups is 2. The summed E-state index contributed by atoms with van der Waals surface area (Å²) in [6.07, 6.45) is 2.89. The van der Waals surface area contributed by atoms with Crippen molar-refractivity contribution in [2.75, 3.05) is 6.61 Å². The zero-order valence-corrected chi connectivity index (χ0v) is 10.2. The number of hydrogen-bond donors (Lipinski definition) is 2. The monoisotopic (exact) mass is 262 g/mol. The molecule has 100 valence electrons. The van der Waals surface area contributed by atoms with Gasteiger partial charge < -0.3 is 19.5 Å². The molecular formula is C13H14N2O4. The minimum Gasteiger partial charge on any atom is -0.504 e. The predicted molar refractivity (Wildman–Crippen MR) is 65.7 cm³/mol. The smallest absolute Gasteiger partial charge is 0.258 e. The van der Waals surface area contributed by atoms with E-state index in [-0.39, 0.29) is 17.6 Å². The van der Waals surface area contributed by atoms with Crippen LogP contribution in [0.15, 0.2) is 22.7 Å². The molecule has 2 N–H and O–H groups in total. The number of phenolic OH excluding ortho intramolecular Hbond substituents is 2. The van der Waals surface area contributed by atoms with Gasteiger partial charge in [0, 0.05) is 18.6 Å². The number of ether oxygens (including phenoxy) is 1. The lowest BCUT2D eigenvalue weighted by molar-refractivity contribution is 0.109. The Kier molecular flexibility index (Phi) is 3.08. The molecule has 0 spiro atoms. The molecule has 1 aromatic carbocycles. The second-order valence-corrected chi connectivity index (χ2v) is 4.56. The molecule has 1 fully saturated rings. The number of hydrogen-bond acceptors (Lipinski definition) is 6. The van der Waals surface area contributed by atoms with Gasteiger partial charge in [0.25, 0.3) is 5.89 Å². The van der Waals surface area contributed by atoms with Gasteiger partial charge in [-0.25, -0.2) is 0 Å². The summed E-state index contributed by atoms with van der Waals surface area (Å²) in [5.41, 5.74) is 0.571. The molecule has 1 atom stereocenters. The van der Waals surface area contributed by atoms with Crippen molar-refractivity contribution in [1.29, 1.82) is 0 Å². The first kappa shape index (κ1) is 12.0. The van der Waals surface area contributed by atoms with Gasteiger partial charge in [0.2, 0.25) is 0 Å². The van der Waals surface area contributed by atoms with Gasteiger partial charge in [0.05, 0.1) is 6.10 Å². The number of rotatable bonds is 3. The Labute approximate surface area is 109 Å². The summed E-state index contributed by atoms with van der Waals surface area (Å²) in [5, 5.41) is 22.6. The van der Waals surface area contributed by atoms with E-state index in [0.29, 0.717) is 23.7 Å². The summed E-state index contributed by atoms with van der Waals surface area (Å²) < 4.78 is 10.7. The molecule has 1 unspecified atom stereocenters. The first-order valence-corrected chi connectivity index (χ1v) is 6.19. The van der Waals surface area contributed by atoms with E-state index in [9.17, 15) is 10.2 Å². The minimum atomic E-state index is -0.212. The molecule has 0 amide bonds. The van der Waals surface area contributed by atoms with Crippen molar-refractivity contribution >= 4 is 0 Å². The molecule has 6 nitrogen and oxygen atoms in total. The lowest BCUT2D eigenvalue weighted by atomic mass is 10.2. The van der Waals surface area contributed by atoms with Gasteiger partial charge in [-0.1, -0.05) is 5.16 Å². The van der Waals surface area contributed by atoms with Crippen molar-refractivity contribution in [2.24, 2.45) is 0 Å². The Balaban J connectivity index is 1.78. The number of nitrogens with zero attached hydrogens (tertiary/aromatic N) is 2. The lowest BCUT2D eigenvalue weighted by Gasteiger charge is -2.03. The molecule has 6 heteroatoms. The highest BCUT2D eigenvalue weighted by atomic mass is 16.5. The van der Waals surface area contributed by atoms with Crippen LogP contribution in [-0.4, -0.2) is 33.1 Å². The van der Waals surface area contributed by atoms with E-state index in [1.54, 1.807) is 6.07 Å². The molecule has 1 saturated heterocycles. The maximum atomic E-state index is 9.44. The molecule has 0 bridgehead atoms. The van der Waals surface area contributed by atoms with Crippen LogP contribution in [0.3, 0.4) is 0 Å². The summed E-state index contributed by atoms with van der Waals surface area (Å²) in [6, 6.07) is 4.38. The van der Waals surface area contributed by atoms with Crippen LogP contribution in [0, 0.1) is 0 Å². The highest BCUT2D eigenvalue weighted by molar-refractivity contribution is 5.58. The van der Waals surface area contributed by atoms with Gasteiger partial charge in [0.1, 0.15) is 0 Å². The summed E-state index contributed by atoms with van der Waals surface area (Å²) >= 11 is 0. The predicted octanol–water partition coefficient (Wildman–Crippen LogP) is 1.87. The molecule has 0 saturated carbocycles. The van der Waals surface area contributed by atoms with Crippen LogP contribution in [-0.2, 0) is 11.2 Å². The van der Waals surface area contributed by atoms with Crippen molar-refractivity contribution in [2.45, 2.75) is 25.4 Å². The zero-order valence-electron chi connectivity index (χ0n) is 10.2. The fourth-order valence-corrected chi connectivity index (χ4v) is 2.12. The quantitative estimate of drug-likeness (QED) is 0.821. The van der Waals surface area contributed by atoms with Gasteiger partial charge in [-0.15, -0.1) is 0 Å². The van der Waals surface area contributed by atoms with E-state index < -0.39 is 0 Å². The Bertz CT molecular complexity index is 576. The SMILES string of the molecule is Oc1ccc(-c2nc(CC3CCCO3)no2)cc1O. The maximum absolute atomic E-state index is 9.44. The van der Waals surface area contributed by atoms with Gasteiger partial charge in [-0.3, -0.25) is 0 Å². The van der Waals surface area contributed by atoms with Crippen LogP contribution in [0.5, 0.6) is 11.5 Å². The van der Waals surface area contributed by atoms with Crippen LogP contribution in [0.25, 0.3) is 11.5 Å². The Hall–Kier alpha value is -2.08. The molecular weight excluding hydrogens is 248 g/mol. The van der Waals surface area contributed by atoms with Gasteiger partial charge >= 0.3 is 0 Å². The molecule has 3 rings (SSSR count). The summed E-state index contributed by atoms with van der Waals surface area (Å²) in [4.78, 5) is 4.26. The fraction of sp³-hybridized carbons (Fsp3) is 0.385. The van der Waals surface area contributed by atoms with Crippen molar-refractivity contribution in [3.63, 3.8) is 0 Å². The van der Waals surface area contributed by atoms with E-state index >= 15 is 0 Å². The topological polar surface area (TPSA) is 88.6 Å². The molecule has 0 aliphatic carbocycles. The average molecular weight is 262 g/mol. The Morgan fingerprint density at radius 1 is 1.26 bits per heavy atom. The first-order chi connectivity index (χ1) is 9.22. The highest BCUT2D eigenvalue weighted by Gasteiger charge is 2.19. The van der Waals surface area contributed by atoms with E-state index in [1.165, 1.54) is 12.1 Å². The largest absolute Gasteiger partial charge is 0.504 e. The normalized spacial score (nSPS) is 18.8. The van der Waals surface area contributed by atoms with E-state index in [2.05, 4.69) is 10.1 Å². The second kappa shape index (κ2) is 4.89. The third-order valence-corrected chi connectivity index (χ3v) is 3.12. The van der Waals surface area contributed by atoms with Crippen LogP contribution >= 0.6 is 0 Å². The van der Waals surface area contributed by atoms with E-state index in [0.717, 1.165) is 19.4 Å². The molecule has 2 aromatic rings. The minimum absolute atomic E-state index is 0.165. The van der Waals surface area contributed by atoms with Crippen molar-refractivity contribution in [3.05, 3.63) is 24.0 Å². The number of aromatic nitrogens is 2. The van der Waals surface area contributed by atoms with E-state index in [1.807, 2.05) is 0 Å². The second-order valence-electron chi connectivity index (χ2n) is 4.56. The van der Waals surface area contributed by atoms with Crippen molar-refractivity contribution < 1.29 is 19.5 Å². The van der Waals surface area contributed by atoms with Crippen LogP contribution in [0.4, 0.5) is 0 Å². The standard InChI is InChI=1S/C13H14N2O4/c16-10-4-3-8(6-11(10)17)13-14-12(15-19-13)7-9-2-1-5-18-9/h3-4,6,9,16-17H,1-2,5,7H2. The van der Waals surface area contributed by atoms with Crippen LogP contribution < -0.4 is 0 Å². The summed E-state index contributed by atoms with van der Waals surface area (Å²) in [7, 11) is 0. The molecule has 0 radical (unpaired) electrons. The van der Waals surface area contributed by atoms with Crippen LogP contribution in [0.2, 0.25) is 0 Å². The van der Waals surface area contributed by atoms with Crippen LogP contribution in [0.1, 0.15) is 18.7 Å². The van der Waals surface area contributed by atoms with Crippen molar-refractivity contribution in [1.82, 2.24) is 10.1 Å². The summed E-state index contributed by atoms with van der Waals surface area (Å²) in [6.45, 7) is 0.793. The van der Waals surface area contributed by atoms with Crippen molar-refractivity contribution in [3.8, 4) is 23.0 Å². The van der Waals surface area contributed by atoms with Gasteiger partial charge in [0.15, 0.2) is 17.3 Å². The Morgan fingerprint density at radius 3 is 2.89 bits per heavy atom. The fourth-order valence-electron chi connectivity index (χ4n) is 2.12. The molecule has 1 aliphatic heterocycles.